The van der Waals surface area contributed by atoms with Crippen LogP contribution in [0.25, 0.3) is 10.9 Å². The van der Waals surface area contributed by atoms with Crippen LogP contribution in [0.4, 0.5) is 10.1 Å². The van der Waals surface area contributed by atoms with Crippen LogP contribution in [-0.4, -0.2) is 22.4 Å². The van der Waals surface area contributed by atoms with Crippen LogP contribution in [0.2, 0.25) is 0 Å². The van der Waals surface area contributed by atoms with Gasteiger partial charge in [-0.05, 0) is 48.9 Å². The van der Waals surface area contributed by atoms with Gasteiger partial charge in [-0.3, -0.25) is 19.8 Å². The average Bonchev–Trinajstić information content (AvgIpc) is 3.17. The topological polar surface area (TPSA) is 92.2 Å². The molecule has 0 unspecified atom stereocenters. The molecule has 0 aliphatic rings. The minimum atomic E-state index is -0.951. The van der Waals surface area contributed by atoms with Crippen LogP contribution in [0.3, 0.4) is 0 Å². The van der Waals surface area contributed by atoms with Crippen molar-refractivity contribution >= 4 is 50.2 Å². The van der Waals surface area contributed by atoms with Gasteiger partial charge in [-0.1, -0.05) is 57.9 Å². The van der Waals surface area contributed by atoms with E-state index < -0.39 is 23.5 Å². The van der Waals surface area contributed by atoms with Gasteiger partial charge in [0.05, 0.1) is 11.2 Å². The van der Waals surface area contributed by atoms with E-state index in [2.05, 4.69) is 32.0 Å². The number of anilines is 1. The summed E-state index contributed by atoms with van der Waals surface area (Å²) in [7, 11) is 0. The molecule has 1 heterocycles. The van der Waals surface area contributed by atoms with Crippen LogP contribution in [0.5, 0.6) is 0 Å². The molecule has 0 atom stereocenters. The number of hydrogen-bond donors (Lipinski definition) is 3. The van der Waals surface area contributed by atoms with E-state index in [9.17, 15) is 18.8 Å². The molecule has 4 rings (SSSR count). The smallest absolute Gasteiger partial charge is 0.328 e. The first kappa shape index (κ1) is 23.2. The Morgan fingerprint density at radius 2 is 1.68 bits per heavy atom. The first-order valence-electron chi connectivity index (χ1n) is 10.3. The number of carbonyl (C=O) groups excluding carboxylic acids is 3. The van der Waals surface area contributed by atoms with Gasteiger partial charge in [0.25, 0.3) is 5.91 Å². The fraction of sp³-hybridized carbons (Fsp3) is 0.0800. The standard InChI is InChI=1S/C25H20BrFN4O3/c1-15-6-8-16(9-7-15)14-28-24(33)25(34)30-31-21-11-10-18(26)12-17(21)13-22(31)23(32)29-20-5-3-2-4-19(20)27/h2-13H,14H2,1H3,(H,28,33)(H,29,32)(H,30,34). The third kappa shape index (κ3) is 5.15. The monoisotopic (exact) mass is 522 g/mol. The molecule has 9 heteroatoms. The number of nitrogens with one attached hydrogen (secondary N) is 3. The Balaban J connectivity index is 1.57. The van der Waals surface area contributed by atoms with Crippen molar-refractivity contribution in [3.8, 4) is 0 Å². The summed E-state index contributed by atoms with van der Waals surface area (Å²) < 4.78 is 16.0. The Kier molecular flexibility index (Phi) is 6.74. The van der Waals surface area contributed by atoms with Gasteiger partial charge < -0.3 is 10.6 Å². The van der Waals surface area contributed by atoms with Crippen LogP contribution in [0.1, 0.15) is 21.6 Å². The van der Waals surface area contributed by atoms with Gasteiger partial charge in [0.15, 0.2) is 0 Å². The number of benzene rings is 3. The molecule has 0 bridgehead atoms. The molecule has 1 aromatic heterocycles. The number of fused-ring (bicyclic) bond motifs is 1. The lowest BCUT2D eigenvalue weighted by Crippen LogP contribution is -2.39. The molecule has 0 radical (unpaired) electrons. The van der Waals surface area contributed by atoms with Gasteiger partial charge in [0.1, 0.15) is 11.5 Å². The van der Waals surface area contributed by atoms with Crippen LogP contribution in [0.15, 0.2) is 77.3 Å². The van der Waals surface area contributed by atoms with E-state index in [1.807, 2.05) is 31.2 Å². The van der Waals surface area contributed by atoms with Crippen molar-refractivity contribution in [1.82, 2.24) is 9.99 Å². The predicted octanol–water partition coefficient (Wildman–Crippen LogP) is 4.49. The first-order chi connectivity index (χ1) is 16.3. The second-order valence-corrected chi connectivity index (χ2v) is 8.53. The molecule has 0 saturated carbocycles. The summed E-state index contributed by atoms with van der Waals surface area (Å²) in [6.07, 6.45) is 0. The number of aryl methyl sites for hydroxylation is 1. The van der Waals surface area contributed by atoms with E-state index in [0.717, 1.165) is 15.6 Å². The third-order valence-electron chi connectivity index (χ3n) is 5.11. The molecule has 3 amide bonds. The molecule has 0 aliphatic carbocycles. The molecular weight excluding hydrogens is 503 g/mol. The Hall–Kier alpha value is -3.98. The quantitative estimate of drug-likeness (QED) is 0.337. The van der Waals surface area contributed by atoms with E-state index in [4.69, 9.17) is 0 Å². The summed E-state index contributed by atoms with van der Waals surface area (Å²) in [5.74, 6) is -3.06. The fourth-order valence-electron chi connectivity index (χ4n) is 3.34. The minimum Gasteiger partial charge on any atom is -0.344 e. The van der Waals surface area contributed by atoms with Crippen molar-refractivity contribution in [1.29, 1.82) is 0 Å². The summed E-state index contributed by atoms with van der Waals surface area (Å²) in [4.78, 5) is 38.0. The lowest BCUT2D eigenvalue weighted by molar-refractivity contribution is -0.136. The predicted molar refractivity (Wildman–Crippen MR) is 131 cm³/mol. The van der Waals surface area contributed by atoms with Crippen molar-refractivity contribution in [2.24, 2.45) is 0 Å². The zero-order valence-corrected chi connectivity index (χ0v) is 19.6. The van der Waals surface area contributed by atoms with Gasteiger partial charge in [-0.25, -0.2) is 9.07 Å². The highest BCUT2D eigenvalue weighted by molar-refractivity contribution is 9.10. The summed E-state index contributed by atoms with van der Waals surface area (Å²) >= 11 is 3.38. The summed E-state index contributed by atoms with van der Waals surface area (Å²) in [5, 5.41) is 5.69. The molecule has 172 valence electrons. The molecule has 7 nitrogen and oxygen atoms in total. The second kappa shape index (κ2) is 9.88. The molecule has 4 aromatic rings. The average molecular weight is 523 g/mol. The molecule has 0 aliphatic heterocycles. The lowest BCUT2D eigenvalue weighted by Gasteiger charge is -2.13. The van der Waals surface area contributed by atoms with E-state index in [0.29, 0.717) is 10.9 Å². The Morgan fingerprint density at radius 3 is 2.41 bits per heavy atom. The Labute approximate surface area is 203 Å². The van der Waals surface area contributed by atoms with Gasteiger partial charge in [0.2, 0.25) is 0 Å². The number of rotatable bonds is 5. The Morgan fingerprint density at radius 1 is 0.941 bits per heavy atom. The maximum absolute atomic E-state index is 14.0. The molecule has 0 saturated heterocycles. The van der Waals surface area contributed by atoms with Crippen LogP contribution < -0.4 is 16.1 Å². The normalized spacial score (nSPS) is 10.7. The van der Waals surface area contributed by atoms with Crippen LogP contribution in [-0.2, 0) is 16.1 Å². The minimum absolute atomic E-state index is 0.00680. The number of para-hydroxylation sites is 1. The zero-order valence-electron chi connectivity index (χ0n) is 18.1. The number of nitrogens with zero attached hydrogens (tertiary/aromatic N) is 1. The molecular formula is C25H20BrFN4O3. The molecule has 0 spiro atoms. The van der Waals surface area contributed by atoms with Gasteiger partial charge in [0, 0.05) is 16.4 Å². The fourth-order valence-corrected chi connectivity index (χ4v) is 3.72. The number of hydrogen-bond acceptors (Lipinski definition) is 3. The number of carbonyl (C=O) groups is 3. The maximum Gasteiger partial charge on any atom is 0.328 e. The summed E-state index contributed by atoms with van der Waals surface area (Å²) in [6, 6.07) is 20.0. The van der Waals surface area contributed by atoms with E-state index in [-0.39, 0.29) is 17.9 Å². The maximum atomic E-state index is 14.0. The molecule has 3 aromatic carbocycles. The zero-order chi connectivity index (χ0) is 24.2. The first-order valence-corrected chi connectivity index (χ1v) is 11.1. The number of halogens is 2. The lowest BCUT2D eigenvalue weighted by atomic mass is 10.1. The van der Waals surface area contributed by atoms with Crippen molar-refractivity contribution in [2.45, 2.75) is 13.5 Å². The highest BCUT2D eigenvalue weighted by Gasteiger charge is 2.21. The number of aromatic nitrogens is 1. The largest absolute Gasteiger partial charge is 0.344 e. The molecule has 34 heavy (non-hydrogen) atoms. The number of amides is 3. The molecule has 0 fully saturated rings. The van der Waals surface area contributed by atoms with Crippen molar-refractivity contribution in [3.05, 3.63) is 99.9 Å². The summed E-state index contributed by atoms with van der Waals surface area (Å²) in [6.45, 7) is 2.13. The van der Waals surface area contributed by atoms with Gasteiger partial charge in [-0.2, -0.15) is 0 Å². The SMILES string of the molecule is Cc1ccc(CNC(=O)C(=O)Nn2c(C(=O)Nc3ccccc3F)cc3cc(Br)ccc32)cc1. The van der Waals surface area contributed by atoms with Crippen molar-refractivity contribution < 1.29 is 18.8 Å². The Bertz CT molecular complexity index is 1400. The van der Waals surface area contributed by atoms with Gasteiger partial charge in [-0.15, -0.1) is 0 Å². The highest BCUT2D eigenvalue weighted by Crippen LogP contribution is 2.24. The van der Waals surface area contributed by atoms with E-state index >= 15 is 0 Å². The van der Waals surface area contributed by atoms with E-state index in [1.54, 1.807) is 30.3 Å². The van der Waals surface area contributed by atoms with E-state index in [1.165, 1.54) is 22.9 Å². The third-order valence-corrected chi connectivity index (χ3v) is 5.60. The highest BCUT2D eigenvalue weighted by atomic mass is 79.9. The van der Waals surface area contributed by atoms with Crippen LogP contribution in [0, 0.1) is 12.7 Å². The van der Waals surface area contributed by atoms with Gasteiger partial charge >= 0.3 is 11.8 Å². The summed E-state index contributed by atoms with van der Waals surface area (Å²) in [5.41, 5.74) is 4.90. The second-order valence-electron chi connectivity index (χ2n) is 7.61. The van der Waals surface area contributed by atoms with Crippen LogP contribution >= 0.6 is 15.9 Å². The van der Waals surface area contributed by atoms with Crippen molar-refractivity contribution in [3.63, 3.8) is 0 Å². The van der Waals surface area contributed by atoms with Crippen molar-refractivity contribution in [2.75, 3.05) is 10.7 Å². The molecule has 3 N–H and O–H groups in total.